The van der Waals surface area contributed by atoms with Gasteiger partial charge in [0.2, 0.25) is 0 Å². The molecule has 10 heteroatoms. The van der Waals surface area contributed by atoms with Crippen LogP contribution in [0.2, 0.25) is 0 Å². The number of benzene rings is 2. The zero-order valence-corrected chi connectivity index (χ0v) is 64.3. The van der Waals surface area contributed by atoms with E-state index in [4.69, 9.17) is 8.75 Å². The van der Waals surface area contributed by atoms with Crippen molar-refractivity contribution in [2.24, 2.45) is 11.8 Å². The van der Waals surface area contributed by atoms with Crippen molar-refractivity contribution >= 4 is 118 Å². The number of halogens is 2. The summed E-state index contributed by atoms with van der Waals surface area (Å²) in [7, 11) is 0. The summed E-state index contributed by atoms with van der Waals surface area (Å²) in [5, 5.41) is 4.60. The summed E-state index contributed by atoms with van der Waals surface area (Å²) in [4.78, 5) is 4.11. The number of hydrogen-bond acceptors (Lipinski definition) is 5. The number of fused-ring (bicyclic) bond motifs is 7. The van der Waals surface area contributed by atoms with Crippen LogP contribution in [0.4, 0.5) is 8.78 Å². The molecule has 8 rings (SSSR count). The second kappa shape index (κ2) is 40.6. The van der Waals surface area contributed by atoms with Crippen LogP contribution in [0.15, 0.2) is 30.3 Å². The Kier molecular flexibility index (Phi) is 33.4. The molecule has 0 amide bonds. The SMILES string of the molecule is CCCCCCCCCCCCCCCCCCc1cc2c3cc(C)[se]c3c3[se]c(-c4sc(-c5c(F)c(F)c(-c6cc(CC(C)CCCCCCCCCC)c(C)s6)c6nsnc56)cc4CC(CCCCCCCC)CCCCCCCCCC)cc3c2[se]1. The maximum absolute atomic E-state index is 17.7. The quantitative estimate of drug-likeness (QED) is 0.0281. The third-order valence-electron chi connectivity index (χ3n) is 19.6. The third-order valence-corrected chi connectivity index (χ3v) is 30.7. The van der Waals surface area contributed by atoms with Crippen molar-refractivity contribution in [3.8, 4) is 30.2 Å². The van der Waals surface area contributed by atoms with E-state index in [0.29, 0.717) is 63.0 Å². The maximum atomic E-state index is 17.7. The molecule has 89 heavy (non-hydrogen) atoms. The van der Waals surface area contributed by atoms with Gasteiger partial charge in [0.15, 0.2) is 0 Å². The Labute approximate surface area is 570 Å². The zero-order chi connectivity index (χ0) is 62.6. The molecule has 0 aliphatic heterocycles. The molecule has 0 saturated carbocycles. The summed E-state index contributed by atoms with van der Waals surface area (Å²) in [6.07, 6.45) is 58.5. The standard InChI is InChI=1S/C79H116F2N2S3Se3/c1-8-12-16-20-24-27-28-29-30-31-32-33-34-37-41-45-49-63-55-65-64-51-58(6)87-78(64)79-66(77(65)88-63)56-69(89-79)76-62(52-60(47-43-39-23-19-15-11-4)48-44-40-36-26-22-18-14-10-3)54-68(85-76)71-73(81)72(80)70(74-75(71)83-86-82-74)67-53-61(59(7)84-67)50-57(5)46-42-38-35-25-21-17-13-9-2/h51,53-57,60H,8-50,52H2,1-7H3. The van der Waals surface area contributed by atoms with Crippen molar-refractivity contribution in [2.75, 3.05) is 0 Å². The van der Waals surface area contributed by atoms with Gasteiger partial charge in [0, 0.05) is 0 Å². The molecule has 0 radical (unpaired) electrons. The molecule has 0 aliphatic carbocycles. The van der Waals surface area contributed by atoms with Gasteiger partial charge in [0.25, 0.3) is 0 Å². The van der Waals surface area contributed by atoms with Crippen molar-refractivity contribution in [2.45, 2.75) is 331 Å². The van der Waals surface area contributed by atoms with E-state index in [2.05, 4.69) is 78.8 Å². The molecule has 0 aliphatic rings. The van der Waals surface area contributed by atoms with E-state index < -0.39 is 11.6 Å². The van der Waals surface area contributed by atoms with Gasteiger partial charge >= 0.3 is 426 Å². The number of thiophene rings is 2. The zero-order valence-electron chi connectivity index (χ0n) is 56.8. The third kappa shape index (κ3) is 22.2. The number of unbranched alkanes of at least 4 members (excludes halogenated alkanes) is 34. The first kappa shape index (κ1) is 73.1. The predicted molar refractivity (Wildman–Crippen MR) is 398 cm³/mol. The van der Waals surface area contributed by atoms with Crippen LogP contribution in [0.3, 0.4) is 0 Å². The van der Waals surface area contributed by atoms with E-state index >= 15 is 8.78 Å². The Morgan fingerprint density at radius 2 is 0.843 bits per heavy atom. The Hall–Kier alpha value is -1.70. The van der Waals surface area contributed by atoms with Crippen molar-refractivity contribution in [3.05, 3.63) is 66.8 Å². The first-order valence-corrected chi connectivity index (χ1v) is 44.4. The fourth-order valence-electron chi connectivity index (χ4n) is 14.2. The Morgan fingerprint density at radius 3 is 1.35 bits per heavy atom. The summed E-state index contributed by atoms with van der Waals surface area (Å²) in [6, 6.07) is 12.3. The summed E-state index contributed by atoms with van der Waals surface area (Å²) < 4.78 is 54.4. The average Bonchev–Trinajstić information content (AvgIpc) is 1.75. The van der Waals surface area contributed by atoms with Gasteiger partial charge in [-0.3, -0.25) is 0 Å². The molecular formula is C79H116F2N2S3Se3. The fraction of sp³-hybridized carbons (Fsp3) is 0.671. The Bertz CT molecular complexity index is 3280. The monoisotopic (exact) mass is 1470 g/mol. The van der Waals surface area contributed by atoms with Gasteiger partial charge < -0.3 is 0 Å². The molecule has 0 bridgehead atoms. The van der Waals surface area contributed by atoms with E-state index in [9.17, 15) is 0 Å². The summed E-state index contributed by atoms with van der Waals surface area (Å²) in [6.45, 7) is 16.1. The summed E-state index contributed by atoms with van der Waals surface area (Å²) >= 11 is 5.20. The van der Waals surface area contributed by atoms with E-state index in [-0.39, 0.29) is 14.5 Å². The van der Waals surface area contributed by atoms with E-state index in [1.165, 1.54) is 316 Å². The van der Waals surface area contributed by atoms with Crippen molar-refractivity contribution in [3.63, 3.8) is 0 Å². The van der Waals surface area contributed by atoms with Gasteiger partial charge in [-0.2, -0.15) is 0 Å². The molecule has 0 fully saturated rings. The van der Waals surface area contributed by atoms with Crippen molar-refractivity contribution in [1.82, 2.24) is 8.75 Å². The van der Waals surface area contributed by atoms with E-state index in [0.717, 1.165) is 34.3 Å². The van der Waals surface area contributed by atoms with Crippen molar-refractivity contribution in [1.29, 1.82) is 0 Å². The van der Waals surface area contributed by atoms with Crippen LogP contribution in [0.25, 0.3) is 70.2 Å². The van der Waals surface area contributed by atoms with Crippen molar-refractivity contribution < 1.29 is 8.78 Å². The second-order valence-corrected chi connectivity index (χ2v) is 37.5. The normalized spacial score (nSPS) is 12.9. The van der Waals surface area contributed by atoms with Gasteiger partial charge in [-0.1, -0.05) is 144 Å². The van der Waals surface area contributed by atoms with Crippen LogP contribution >= 0.6 is 34.4 Å². The predicted octanol–water partition coefficient (Wildman–Crippen LogP) is 27.3. The molecule has 0 saturated heterocycles. The van der Waals surface area contributed by atoms with Gasteiger partial charge in [-0.25, -0.2) is 0 Å². The van der Waals surface area contributed by atoms with Crippen LogP contribution in [0.1, 0.15) is 323 Å². The molecule has 2 aromatic carbocycles. The van der Waals surface area contributed by atoms with Crippen LogP contribution in [-0.4, -0.2) is 52.3 Å². The van der Waals surface area contributed by atoms with E-state index in [1.807, 2.05) is 0 Å². The minimum atomic E-state index is -0.773. The van der Waals surface area contributed by atoms with Crippen LogP contribution in [-0.2, 0) is 19.3 Å². The number of rotatable bonds is 49. The first-order chi connectivity index (χ1) is 43.6. The molecule has 2 atom stereocenters. The molecule has 8 aromatic rings. The molecule has 0 spiro atoms. The fourth-order valence-corrected chi connectivity index (χ4v) is 25.7. The first-order valence-electron chi connectivity index (χ1n) is 36.9. The minimum absolute atomic E-state index is 0.121. The number of aryl methyl sites for hydroxylation is 3. The Morgan fingerprint density at radius 1 is 0.416 bits per heavy atom. The number of aromatic nitrogens is 2. The van der Waals surface area contributed by atoms with Crippen LogP contribution < -0.4 is 0 Å². The van der Waals surface area contributed by atoms with Gasteiger partial charge in [0.05, 0.1) is 0 Å². The second-order valence-electron chi connectivity index (χ2n) is 27.4. The molecular weight excluding hydrogens is 1350 g/mol. The molecule has 492 valence electrons. The van der Waals surface area contributed by atoms with Gasteiger partial charge in [-0.15, -0.1) is 0 Å². The molecule has 6 heterocycles. The molecule has 0 N–H and O–H groups in total. The summed E-state index contributed by atoms with van der Waals surface area (Å²) in [5.41, 5.74) is 4.24. The summed E-state index contributed by atoms with van der Waals surface area (Å²) in [5.74, 6) is -0.440. The molecule has 2 nitrogen and oxygen atoms in total. The topological polar surface area (TPSA) is 25.8 Å². The van der Waals surface area contributed by atoms with Gasteiger partial charge in [-0.05, 0) is 5.92 Å². The van der Waals surface area contributed by atoms with Crippen LogP contribution in [0, 0.1) is 37.3 Å². The van der Waals surface area contributed by atoms with E-state index in [1.54, 1.807) is 39.9 Å². The van der Waals surface area contributed by atoms with Gasteiger partial charge in [0.1, 0.15) is 0 Å². The number of hydrogen-bond donors (Lipinski definition) is 0. The molecule has 2 unspecified atom stereocenters. The molecule has 6 aromatic heterocycles. The Balaban J connectivity index is 1.05. The van der Waals surface area contributed by atoms with Crippen LogP contribution in [0.5, 0.6) is 0 Å². The number of nitrogens with zero attached hydrogens (tertiary/aromatic N) is 2. The average molecular weight is 1460 g/mol.